The Morgan fingerprint density at radius 1 is 1.25 bits per heavy atom. The van der Waals surface area contributed by atoms with Gasteiger partial charge in [-0.3, -0.25) is 4.90 Å². The van der Waals surface area contributed by atoms with Gasteiger partial charge in [-0.2, -0.15) is 0 Å². The first-order chi connectivity index (χ1) is 9.74. The topological polar surface area (TPSA) is 33.7 Å². The van der Waals surface area contributed by atoms with E-state index in [1.54, 1.807) is 0 Å². The SMILES string of the molecule is CC(c1ccc2c(c1)OCO2)N(C)CC1CCNCC1. The number of nitrogens with zero attached hydrogens (tertiary/aromatic N) is 1. The molecule has 0 saturated carbocycles. The van der Waals surface area contributed by atoms with E-state index in [2.05, 4.69) is 36.3 Å². The first-order valence-electron chi connectivity index (χ1n) is 7.54. The lowest BCUT2D eigenvalue weighted by Crippen LogP contribution is -2.35. The lowest BCUT2D eigenvalue weighted by atomic mass is 9.96. The predicted molar refractivity (Wildman–Crippen MR) is 79.2 cm³/mol. The summed E-state index contributed by atoms with van der Waals surface area (Å²) >= 11 is 0. The van der Waals surface area contributed by atoms with Crippen molar-refractivity contribution in [3.8, 4) is 11.5 Å². The zero-order valence-electron chi connectivity index (χ0n) is 12.4. The standard InChI is InChI=1S/C16H24N2O2/c1-12(18(2)10-13-5-7-17-8-6-13)14-3-4-15-16(9-14)20-11-19-15/h3-4,9,12-13,17H,5-8,10-11H2,1-2H3. The maximum absolute atomic E-state index is 5.47. The molecule has 1 fully saturated rings. The van der Waals surface area contributed by atoms with Crippen molar-refractivity contribution in [1.82, 2.24) is 10.2 Å². The minimum atomic E-state index is 0.345. The second-order valence-electron chi connectivity index (χ2n) is 5.92. The van der Waals surface area contributed by atoms with Crippen molar-refractivity contribution in [2.45, 2.75) is 25.8 Å². The van der Waals surface area contributed by atoms with Crippen LogP contribution in [0.15, 0.2) is 18.2 Å². The molecule has 2 aliphatic heterocycles. The summed E-state index contributed by atoms with van der Waals surface area (Å²) in [7, 11) is 2.22. The first-order valence-corrected chi connectivity index (χ1v) is 7.54. The summed E-state index contributed by atoms with van der Waals surface area (Å²) in [5.74, 6) is 2.56. The molecule has 3 rings (SSSR count). The molecule has 1 aromatic rings. The van der Waals surface area contributed by atoms with Gasteiger partial charge in [-0.1, -0.05) is 6.07 Å². The van der Waals surface area contributed by atoms with E-state index >= 15 is 0 Å². The number of rotatable bonds is 4. The molecule has 1 atom stereocenters. The van der Waals surface area contributed by atoms with Crippen LogP contribution in [-0.2, 0) is 0 Å². The zero-order valence-corrected chi connectivity index (χ0v) is 12.4. The smallest absolute Gasteiger partial charge is 0.231 e. The normalized spacial score (nSPS) is 20.4. The molecule has 2 aliphatic rings. The molecule has 0 radical (unpaired) electrons. The van der Waals surface area contributed by atoms with Crippen LogP contribution in [0.5, 0.6) is 11.5 Å². The molecule has 4 heteroatoms. The molecule has 1 N–H and O–H groups in total. The third-order valence-electron chi connectivity index (χ3n) is 4.55. The van der Waals surface area contributed by atoms with Gasteiger partial charge in [-0.05, 0) is 63.5 Å². The second-order valence-corrected chi connectivity index (χ2v) is 5.92. The van der Waals surface area contributed by atoms with Crippen LogP contribution in [0, 0.1) is 5.92 Å². The van der Waals surface area contributed by atoms with E-state index in [1.807, 2.05) is 6.07 Å². The van der Waals surface area contributed by atoms with Crippen LogP contribution < -0.4 is 14.8 Å². The van der Waals surface area contributed by atoms with Gasteiger partial charge in [0.25, 0.3) is 0 Å². The molecule has 110 valence electrons. The number of piperidine rings is 1. The Hall–Kier alpha value is -1.26. The molecule has 1 aromatic carbocycles. The minimum Gasteiger partial charge on any atom is -0.454 e. The average molecular weight is 276 g/mol. The molecule has 2 heterocycles. The summed E-state index contributed by atoms with van der Waals surface area (Å²) in [5.41, 5.74) is 1.30. The largest absolute Gasteiger partial charge is 0.454 e. The summed E-state index contributed by atoms with van der Waals surface area (Å²) in [6.07, 6.45) is 2.58. The molecule has 1 saturated heterocycles. The van der Waals surface area contributed by atoms with Gasteiger partial charge >= 0.3 is 0 Å². The lowest BCUT2D eigenvalue weighted by molar-refractivity contribution is 0.173. The molecule has 0 aliphatic carbocycles. The number of benzene rings is 1. The number of fused-ring (bicyclic) bond motifs is 1. The highest BCUT2D eigenvalue weighted by molar-refractivity contribution is 5.45. The van der Waals surface area contributed by atoms with Gasteiger partial charge in [0.05, 0.1) is 0 Å². The zero-order chi connectivity index (χ0) is 13.9. The van der Waals surface area contributed by atoms with Gasteiger partial charge in [-0.25, -0.2) is 0 Å². The summed E-state index contributed by atoms with van der Waals surface area (Å²) in [6, 6.07) is 6.69. The van der Waals surface area contributed by atoms with E-state index in [1.165, 1.54) is 18.4 Å². The Bertz CT molecular complexity index is 458. The van der Waals surface area contributed by atoms with Gasteiger partial charge < -0.3 is 14.8 Å². The molecule has 0 spiro atoms. The molecular weight excluding hydrogens is 252 g/mol. The quantitative estimate of drug-likeness (QED) is 0.915. The summed E-state index contributed by atoms with van der Waals surface area (Å²) in [6.45, 7) is 6.10. The van der Waals surface area contributed by atoms with Crippen molar-refractivity contribution in [2.24, 2.45) is 5.92 Å². The Labute approximate surface area is 121 Å². The van der Waals surface area contributed by atoms with Crippen molar-refractivity contribution in [3.05, 3.63) is 23.8 Å². The van der Waals surface area contributed by atoms with E-state index in [0.717, 1.165) is 37.1 Å². The number of hydrogen-bond donors (Lipinski definition) is 1. The van der Waals surface area contributed by atoms with Gasteiger partial charge in [0.1, 0.15) is 0 Å². The highest BCUT2D eigenvalue weighted by Crippen LogP contribution is 2.35. The fourth-order valence-electron chi connectivity index (χ4n) is 3.06. The Morgan fingerprint density at radius 2 is 2.00 bits per heavy atom. The minimum absolute atomic E-state index is 0.345. The maximum Gasteiger partial charge on any atom is 0.231 e. The van der Waals surface area contributed by atoms with Crippen LogP contribution in [0.3, 0.4) is 0 Å². The fourth-order valence-corrected chi connectivity index (χ4v) is 3.06. The summed E-state index contributed by atoms with van der Waals surface area (Å²) in [4.78, 5) is 2.45. The predicted octanol–water partition coefficient (Wildman–Crippen LogP) is 2.41. The van der Waals surface area contributed by atoms with Gasteiger partial charge in [-0.15, -0.1) is 0 Å². The third kappa shape index (κ3) is 2.91. The Kier molecular flexibility index (Phi) is 4.13. The molecule has 0 bridgehead atoms. The van der Waals surface area contributed by atoms with Gasteiger partial charge in [0.2, 0.25) is 6.79 Å². The number of hydrogen-bond acceptors (Lipinski definition) is 4. The molecular formula is C16H24N2O2. The van der Waals surface area contributed by atoms with Crippen molar-refractivity contribution in [2.75, 3.05) is 33.5 Å². The van der Waals surface area contributed by atoms with Crippen molar-refractivity contribution in [3.63, 3.8) is 0 Å². The monoisotopic (exact) mass is 276 g/mol. The van der Waals surface area contributed by atoms with Crippen molar-refractivity contribution < 1.29 is 9.47 Å². The Balaban J connectivity index is 1.63. The van der Waals surface area contributed by atoms with Crippen LogP contribution in [0.25, 0.3) is 0 Å². The average Bonchev–Trinajstić information content (AvgIpc) is 2.94. The lowest BCUT2D eigenvalue weighted by Gasteiger charge is -2.31. The van der Waals surface area contributed by atoms with Crippen LogP contribution in [-0.4, -0.2) is 38.4 Å². The highest BCUT2D eigenvalue weighted by atomic mass is 16.7. The molecule has 0 aromatic heterocycles. The second kappa shape index (κ2) is 6.02. The third-order valence-corrected chi connectivity index (χ3v) is 4.55. The molecule has 4 nitrogen and oxygen atoms in total. The van der Waals surface area contributed by atoms with Crippen LogP contribution in [0.4, 0.5) is 0 Å². The number of nitrogens with one attached hydrogen (secondary N) is 1. The van der Waals surface area contributed by atoms with Crippen molar-refractivity contribution >= 4 is 0 Å². The highest BCUT2D eigenvalue weighted by Gasteiger charge is 2.21. The summed E-state index contributed by atoms with van der Waals surface area (Å²) in [5, 5.41) is 3.43. The van der Waals surface area contributed by atoms with E-state index in [4.69, 9.17) is 9.47 Å². The van der Waals surface area contributed by atoms with Gasteiger partial charge in [0.15, 0.2) is 11.5 Å². The maximum atomic E-state index is 5.47. The van der Waals surface area contributed by atoms with E-state index in [-0.39, 0.29) is 0 Å². The fraction of sp³-hybridized carbons (Fsp3) is 0.625. The van der Waals surface area contributed by atoms with Crippen LogP contribution in [0.2, 0.25) is 0 Å². The van der Waals surface area contributed by atoms with Crippen LogP contribution in [0.1, 0.15) is 31.4 Å². The van der Waals surface area contributed by atoms with Crippen LogP contribution >= 0.6 is 0 Å². The van der Waals surface area contributed by atoms with E-state index in [0.29, 0.717) is 12.8 Å². The van der Waals surface area contributed by atoms with Gasteiger partial charge in [0, 0.05) is 12.6 Å². The van der Waals surface area contributed by atoms with E-state index in [9.17, 15) is 0 Å². The Morgan fingerprint density at radius 3 is 2.80 bits per heavy atom. The number of ether oxygens (including phenoxy) is 2. The molecule has 1 unspecified atom stereocenters. The van der Waals surface area contributed by atoms with Crippen molar-refractivity contribution in [1.29, 1.82) is 0 Å². The molecule has 20 heavy (non-hydrogen) atoms. The van der Waals surface area contributed by atoms with E-state index < -0.39 is 0 Å². The summed E-state index contributed by atoms with van der Waals surface area (Å²) < 4.78 is 10.8. The first kappa shape index (κ1) is 13.7. The molecule has 0 amide bonds.